The molecule has 1 aliphatic heterocycles. The number of carbonyl (C=O) groups is 1. The SMILES string of the molecule is CCc1cc(Cl)cc(CC)c1C1=C(OP(C)(=S)OCC(F)(F)F)[C@]2(CC[C@H](OC)CC2)NC1=O. The van der Waals surface area contributed by atoms with Gasteiger partial charge in [-0.25, -0.2) is 0 Å². The molecule has 1 aromatic carbocycles. The first kappa shape index (κ1) is 27.5. The molecule has 3 rings (SSSR count). The Labute approximate surface area is 208 Å². The predicted molar refractivity (Wildman–Crippen MR) is 131 cm³/mol. The van der Waals surface area contributed by atoms with Crippen LogP contribution in [0.25, 0.3) is 5.57 Å². The highest BCUT2D eigenvalue weighted by molar-refractivity contribution is 8.09. The van der Waals surface area contributed by atoms with Crippen molar-refractivity contribution in [3.63, 3.8) is 0 Å². The Kier molecular flexibility index (Phi) is 8.46. The Hall–Kier alpha value is -1.12. The second kappa shape index (κ2) is 10.5. The molecule has 0 saturated heterocycles. The number of ether oxygens (including phenoxy) is 1. The Morgan fingerprint density at radius 2 is 1.76 bits per heavy atom. The molecule has 1 atom stereocenters. The summed E-state index contributed by atoms with van der Waals surface area (Å²) in [4.78, 5) is 13.5. The van der Waals surface area contributed by atoms with E-state index in [2.05, 4.69) is 5.32 Å². The maximum absolute atomic E-state index is 13.5. The van der Waals surface area contributed by atoms with Gasteiger partial charge in [0.15, 0.2) is 6.61 Å². The smallest absolute Gasteiger partial charge is 0.412 e. The first-order chi connectivity index (χ1) is 15.8. The molecule has 1 saturated carbocycles. The molecule has 1 unspecified atom stereocenters. The van der Waals surface area contributed by atoms with Crippen LogP contribution < -0.4 is 5.32 Å². The van der Waals surface area contributed by atoms with Crippen LogP contribution in [0.15, 0.2) is 17.9 Å². The molecule has 11 heteroatoms. The van der Waals surface area contributed by atoms with Crippen molar-refractivity contribution in [2.24, 2.45) is 0 Å². The van der Waals surface area contributed by atoms with Crippen molar-refractivity contribution in [2.75, 3.05) is 20.4 Å². The van der Waals surface area contributed by atoms with Gasteiger partial charge in [0.1, 0.15) is 5.76 Å². The highest BCUT2D eigenvalue weighted by Crippen LogP contribution is 2.55. The molecule has 1 amide bonds. The summed E-state index contributed by atoms with van der Waals surface area (Å²) in [5, 5.41) is 3.65. The number of rotatable bonds is 8. The molecule has 34 heavy (non-hydrogen) atoms. The maximum atomic E-state index is 13.5. The van der Waals surface area contributed by atoms with Crippen molar-refractivity contribution in [3.05, 3.63) is 39.6 Å². The number of amides is 1. The average Bonchev–Trinajstić information content (AvgIpc) is 3.01. The second-order valence-electron chi connectivity index (χ2n) is 8.73. The van der Waals surface area contributed by atoms with E-state index in [9.17, 15) is 18.0 Å². The van der Waals surface area contributed by atoms with Crippen molar-refractivity contribution in [1.82, 2.24) is 5.32 Å². The monoisotopic (exact) mass is 539 g/mol. The predicted octanol–water partition coefficient (Wildman–Crippen LogP) is 6.17. The van der Waals surface area contributed by atoms with E-state index in [1.54, 1.807) is 7.11 Å². The molecule has 1 heterocycles. The van der Waals surface area contributed by atoms with Crippen LogP contribution in [-0.4, -0.2) is 44.1 Å². The highest BCUT2D eigenvalue weighted by atomic mass is 35.5. The van der Waals surface area contributed by atoms with Gasteiger partial charge in [0.2, 0.25) is 6.49 Å². The molecule has 1 aliphatic carbocycles. The molecule has 5 nitrogen and oxygen atoms in total. The van der Waals surface area contributed by atoms with Crippen LogP contribution in [0.5, 0.6) is 0 Å². The third-order valence-corrected chi connectivity index (χ3v) is 8.23. The molecule has 0 bridgehead atoms. The van der Waals surface area contributed by atoms with E-state index in [1.807, 2.05) is 26.0 Å². The minimum Gasteiger partial charge on any atom is -0.445 e. The second-order valence-corrected chi connectivity index (χ2v) is 13.1. The standard InChI is InChI=1S/C23H30ClF3NO4PS/c1-5-14-11-16(24)12-15(6-2)18(14)19-20(32-33(4,34)31-13-23(25,26)27)22(28-21(19)29)9-7-17(30-3)8-10-22/h11-12,17H,5-10,13H2,1-4H3,(H,28,29)/t17-,22+,33?. The normalized spacial score (nSPS) is 24.9. The first-order valence-corrected chi connectivity index (χ1v) is 14.7. The number of benzene rings is 1. The summed E-state index contributed by atoms with van der Waals surface area (Å²) in [6, 6.07) is 3.62. The third-order valence-electron chi connectivity index (χ3n) is 6.36. The van der Waals surface area contributed by atoms with Gasteiger partial charge in [-0.05, 0) is 79.2 Å². The number of methoxy groups -OCH3 is 1. The number of aryl methyl sites for hydroxylation is 2. The summed E-state index contributed by atoms with van der Waals surface area (Å²) in [5.41, 5.74) is 1.86. The van der Waals surface area contributed by atoms with Crippen molar-refractivity contribution < 1.29 is 31.8 Å². The number of nitrogens with one attached hydrogen (secondary N) is 1. The fourth-order valence-electron chi connectivity index (χ4n) is 4.70. The summed E-state index contributed by atoms with van der Waals surface area (Å²) < 4.78 is 55.2. The zero-order valence-corrected chi connectivity index (χ0v) is 22.1. The number of alkyl halides is 3. The van der Waals surface area contributed by atoms with E-state index in [-0.39, 0.29) is 17.8 Å². The fourth-order valence-corrected chi connectivity index (χ4v) is 6.37. The molecule has 1 spiro atoms. The number of halogens is 4. The highest BCUT2D eigenvalue weighted by Gasteiger charge is 2.51. The van der Waals surface area contributed by atoms with Crippen molar-refractivity contribution in [2.45, 2.75) is 70.2 Å². The molecular formula is C23H30ClF3NO4PS. The molecule has 2 aliphatic rings. The Morgan fingerprint density at radius 3 is 2.24 bits per heavy atom. The average molecular weight is 540 g/mol. The number of carbonyl (C=O) groups excluding carboxylic acids is 1. The Morgan fingerprint density at radius 1 is 1.21 bits per heavy atom. The van der Waals surface area contributed by atoms with Crippen LogP contribution in [0.3, 0.4) is 0 Å². The fraction of sp³-hybridized carbons (Fsp3) is 0.609. The summed E-state index contributed by atoms with van der Waals surface area (Å²) in [7, 11) is 1.64. The van der Waals surface area contributed by atoms with E-state index in [0.29, 0.717) is 54.7 Å². The quantitative estimate of drug-likeness (QED) is 0.401. The zero-order chi connectivity index (χ0) is 25.3. The topological polar surface area (TPSA) is 56.8 Å². The lowest BCUT2D eigenvalue weighted by Gasteiger charge is -2.39. The van der Waals surface area contributed by atoms with E-state index in [4.69, 9.17) is 37.2 Å². The minimum atomic E-state index is -4.54. The van der Waals surface area contributed by atoms with Crippen LogP contribution in [-0.2, 0) is 43.2 Å². The molecule has 1 N–H and O–H groups in total. The van der Waals surface area contributed by atoms with E-state index in [0.717, 1.165) is 11.1 Å². The first-order valence-electron chi connectivity index (χ1n) is 11.2. The van der Waals surface area contributed by atoms with Gasteiger partial charge >= 0.3 is 6.18 Å². The summed E-state index contributed by atoms with van der Waals surface area (Å²) in [6.45, 7) is 0.377. The van der Waals surface area contributed by atoms with Gasteiger partial charge in [-0.15, -0.1) is 0 Å². The molecular weight excluding hydrogens is 510 g/mol. The summed E-state index contributed by atoms with van der Waals surface area (Å²) >= 11 is 11.7. The van der Waals surface area contributed by atoms with E-state index >= 15 is 0 Å². The van der Waals surface area contributed by atoms with Crippen LogP contribution in [0.2, 0.25) is 5.02 Å². The molecule has 0 aromatic heterocycles. The van der Waals surface area contributed by atoms with Crippen LogP contribution in [0.1, 0.15) is 56.2 Å². The van der Waals surface area contributed by atoms with Gasteiger partial charge in [0.25, 0.3) is 5.91 Å². The number of hydrogen-bond acceptors (Lipinski definition) is 5. The van der Waals surface area contributed by atoms with Gasteiger partial charge in [-0.2, -0.15) is 13.2 Å². The lowest BCUT2D eigenvalue weighted by molar-refractivity contribution is -0.153. The van der Waals surface area contributed by atoms with Crippen LogP contribution in [0, 0.1) is 0 Å². The van der Waals surface area contributed by atoms with E-state index in [1.165, 1.54) is 6.66 Å². The third kappa shape index (κ3) is 5.98. The van der Waals surface area contributed by atoms with Crippen molar-refractivity contribution in [1.29, 1.82) is 0 Å². The van der Waals surface area contributed by atoms with Gasteiger partial charge in [0.05, 0.1) is 17.2 Å². The zero-order valence-electron chi connectivity index (χ0n) is 19.7. The van der Waals surface area contributed by atoms with Crippen molar-refractivity contribution >= 4 is 41.4 Å². The number of hydrogen-bond donors (Lipinski definition) is 1. The van der Waals surface area contributed by atoms with Gasteiger partial charge in [-0.3, -0.25) is 4.79 Å². The Balaban J connectivity index is 2.17. The Bertz CT molecular complexity index is 997. The van der Waals surface area contributed by atoms with Crippen LogP contribution in [0.4, 0.5) is 13.2 Å². The van der Waals surface area contributed by atoms with Gasteiger partial charge in [0, 0.05) is 18.8 Å². The van der Waals surface area contributed by atoms with E-state index < -0.39 is 24.8 Å². The molecule has 0 radical (unpaired) electrons. The lowest BCUT2D eigenvalue weighted by atomic mass is 9.78. The molecule has 1 aromatic rings. The lowest BCUT2D eigenvalue weighted by Crippen LogP contribution is -2.48. The summed E-state index contributed by atoms with van der Waals surface area (Å²) in [6.07, 6.45) is -0.939. The molecule has 1 fully saturated rings. The largest absolute Gasteiger partial charge is 0.445 e. The van der Waals surface area contributed by atoms with Gasteiger partial charge in [-0.1, -0.05) is 25.4 Å². The van der Waals surface area contributed by atoms with Crippen LogP contribution >= 0.6 is 18.1 Å². The molecule has 190 valence electrons. The minimum absolute atomic E-state index is 0.0342. The summed E-state index contributed by atoms with van der Waals surface area (Å²) in [5.74, 6) is -0.0461. The van der Waals surface area contributed by atoms with Crippen molar-refractivity contribution in [3.8, 4) is 0 Å². The maximum Gasteiger partial charge on any atom is 0.412 e. The van der Waals surface area contributed by atoms with Gasteiger partial charge < -0.3 is 19.1 Å².